The van der Waals surface area contributed by atoms with Crippen LogP contribution in [0.4, 0.5) is 0 Å². The number of hydrogen-bond donors (Lipinski definition) is 3. The Hall–Kier alpha value is -0.850. The fraction of sp³-hybridized carbons (Fsp3) is 0.889. The molecule has 6 rings (SSSR count). The summed E-state index contributed by atoms with van der Waals surface area (Å²) in [5.41, 5.74) is 5.52. The van der Waals surface area contributed by atoms with Crippen molar-refractivity contribution in [2.45, 2.75) is 75.1 Å². The number of carboxylic acid groups (broad SMARTS) is 1. The summed E-state index contributed by atoms with van der Waals surface area (Å²) in [6.07, 6.45) is 6.77. The van der Waals surface area contributed by atoms with Crippen LogP contribution < -0.4 is 5.73 Å². The number of carbonyl (C=O) groups is 2. The lowest BCUT2D eigenvalue weighted by Crippen LogP contribution is -2.65. The number of aliphatic hydroxyl groups is 1. The second-order valence-electron chi connectivity index (χ2n) is 9.42. The smallest absolute Gasteiger partial charge is 0.326 e. The number of amides is 1. The molecule has 1 heterocycles. The molecular formula is C18H27ClN2O4. The molecule has 0 spiro atoms. The number of piperidine rings is 1. The zero-order valence-corrected chi connectivity index (χ0v) is 15.1. The van der Waals surface area contributed by atoms with Crippen LogP contribution in [0.15, 0.2) is 0 Å². The van der Waals surface area contributed by atoms with E-state index in [0.717, 1.165) is 38.5 Å². The summed E-state index contributed by atoms with van der Waals surface area (Å²) in [6, 6.07) is -1.29. The second-order valence-corrected chi connectivity index (χ2v) is 9.42. The molecule has 4 N–H and O–H groups in total. The number of hydrogen-bond acceptors (Lipinski definition) is 4. The van der Waals surface area contributed by atoms with Gasteiger partial charge < -0.3 is 20.8 Å². The van der Waals surface area contributed by atoms with Gasteiger partial charge in [0.15, 0.2) is 0 Å². The highest BCUT2D eigenvalue weighted by atomic mass is 35.5. The molecule has 0 aromatic rings. The SMILES string of the molecule is Cl.N[C@H](C(=O)N1[C@H](C(=O)O)C[C@@H]2C[C@@H]21)C12CC3CC(CC(O)(C3)C1)C2. The number of rotatable bonds is 3. The highest BCUT2D eigenvalue weighted by Gasteiger charge is 2.63. The molecule has 6 fully saturated rings. The van der Waals surface area contributed by atoms with Gasteiger partial charge in [-0.05, 0) is 74.5 Å². The number of carboxylic acids is 1. The van der Waals surface area contributed by atoms with Crippen molar-refractivity contribution in [1.29, 1.82) is 0 Å². The minimum Gasteiger partial charge on any atom is -0.480 e. The van der Waals surface area contributed by atoms with Crippen LogP contribution in [0.2, 0.25) is 0 Å². The summed E-state index contributed by atoms with van der Waals surface area (Å²) >= 11 is 0. The first kappa shape index (κ1) is 17.6. The minimum atomic E-state index is -0.910. The first-order valence-electron chi connectivity index (χ1n) is 9.33. The fourth-order valence-corrected chi connectivity index (χ4v) is 7.06. The predicted octanol–water partition coefficient (Wildman–Crippen LogP) is 1.14. The third-order valence-corrected chi connectivity index (χ3v) is 7.65. The molecule has 0 radical (unpaired) electrons. The highest BCUT2D eigenvalue weighted by Crippen LogP contribution is 2.63. The van der Waals surface area contributed by atoms with E-state index in [1.165, 1.54) is 0 Å². The molecule has 0 aromatic carbocycles. The molecule has 4 bridgehead atoms. The summed E-state index contributed by atoms with van der Waals surface area (Å²) < 4.78 is 0. The second kappa shape index (κ2) is 5.33. The molecule has 7 heteroatoms. The van der Waals surface area contributed by atoms with Gasteiger partial charge in [-0.15, -0.1) is 12.4 Å². The topological polar surface area (TPSA) is 104 Å². The Bertz CT molecular complexity index is 612. The molecule has 1 saturated heterocycles. The lowest BCUT2D eigenvalue weighted by molar-refractivity contribution is -0.179. The molecule has 1 amide bonds. The Morgan fingerprint density at radius 2 is 1.72 bits per heavy atom. The zero-order chi connectivity index (χ0) is 16.9. The van der Waals surface area contributed by atoms with E-state index in [0.29, 0.717) is 30.6 Å². The molecule has 2 unspecified atom stereocenters. The van der Waals surface area contributed by atoms with Crippen molar-refractivity contribution in [2.75, 3.05) is 0 Å². The van der Waals surface area contributed by atoms with Crippen LogP contribution in [0.25, 0.3) is 0 Å². The Kier molecular flexibility index (Phi) is 3.75. The summed E-state index contributed by atoms with van der Waals surface area (Å²) in [4.78, 5) is 26.3. The average Bonchev–Trinajstić information content (AvgIpc) is 3.13. The summed E-state index contributed by atoms with van der Waals surface area (Å²) in [5, 5.41) is 20.3. The van der Waals surface area contributed by atoms with Crippen molar-refractivity contribution in [1.82, 2.24) is 4.90 Å². The van der Waals surface area contributed by atoms with E-state index in [4.69, 9.17) is 5.73 Å². The van der Waals surface area contributed by atoms with E-state index in [-0.39, 0.29) is 29.8 Å². The lowest BCUT2D eigenvalue weighted by atomic mass is 9.46. The van der Waals surface area contributed by atoms with Gasteiger partial charge in [0, 0.05) is 6.04 Å². The molecule has 6 nitrogen and oxygen atoms in total. The third-order valence-electron chi connectivity index (χ3n) is 7.65. The Labute approximate surface area is 153 Å². The highest BCUT2D eigenvalue weighted by molar-refractivity contribution is 5.89. The van der Waals surface area contributed by atoms with Crippen LogP contribution in [0.1, 0.15) is 51.4 Å². The van der Waals surface area contributed by atoms with Gasteiger partial charge in [0.25, 0.3) is 0 Å². The Balaban J connectivity index is 0.00000157. The van der Waals surface area contributed by atoms with Crippen LogP contribution in [-0.4, -0.2) is 50.7 Å². The third kappa shape index (κ3) is 2.44. The quantitative estimate of drug-likeness (QED) is 0.691. The van der Waals surface area contributed by atoms with E-state index in [1.807, 2.05) is 0 Å². The van der Waals surface area contributed by atoms with Crippen molar-refractivity contribution in [3.8, 4) is 0 Å². The van der Waals surface area contributed by atoms with Gasteiger partial charge in [-0.3, -0.25) is 4.79 Å². The number of fused-ring (bicyclic) bond motifs is 1. The fourth-order valence-electron chi connectivity index (χ4n) is 7.06. The van der Waals surface area contributed by atoms with Gasteiger partial charge in [-0.25, -0.2) is 4.79 Å². The maximum atomic E-state index is 13.2. The van der Waals surface area contributed by atoms with Crippen LogP contribution in [-0.2, 0) is 9.59 Å². The van der Waals surface area contributed by atoms with Crippen LogP contribution in [0.5, 0.6) is 0 Å². The standard InChI is InChI=1S/C18H26N2O4.ClH/c19-14(15(21)20-12-2-11(12)3-13(20)16(22)23)17-4-9-1-10(5-17)7-18(24,6-9)8-17;/h9-14,24H,1-8,19H2,(H,22,23);1H/t9?,10?,11-,12-,13-,14+,17?,18?;/m0./s1. The van der Waals surface area contributed by atoms with Crippen molar-refractivity contribution in [3.05, 3.63) is 0 Å². The number of nitrogens with two attached hydrogens (primary N) is 1. The molecule has 6 atom stereocenters. The Morgan fingerprint density at radius 3 is 2.28 bits per heavy atom. The first-order valence-corrected chi connectivity index (χ1v) is 9.33. The first-order chi connectivity index (χ1) is 11.3. The molecule has 140 valence electrons. The maximum Gasteiger partial charge on any atom is 0.326 e. The van der Waals surface area contributed by atoms with E-state index in [2.05, 4.69) is 0 Å². The molecule has 6 aliphatic rings. The van der Waals surface area contributed by atoms with Crippen molar-refractivity contribution in [3.63, 3.8) is 0 Å². The summed E-state index contributed by atoms with van der Waals surface area (Å²) in [5.74, 6) is 0.197. The van der Waals surface area contributed by atoms with Crippen molar-refractivity contribution >= 4 is 24.3 Å². The van der Waals surface area contributed by atoms with E-state index >= 15 is 0 Å². The van der Waals surface area contributed by atoms with E-state index in [9.17, 15) is 19.8 Å². The predicted molar refractivity (Wildman–Crippen MR) is 92.1 cm³/mol. The van der Waals surface area contributed by atoms with Gasteiger partial charge in [0.05, 0.1) is 11.6 Å². The number of nitrogens with zero attached hydrogens (tertiary/aromatic N) is 1. The van der Waals surface area contributed by atoms with Gasteiger partial charge in [0.1, 0.15) is 6.04 Å². The number of carbonyl (C=O) groups excluding carboxylic acids is 1. The summed E-state index contributed by atoms with van der Waals surface area (Å²) in [7, 11) is 0. The molecule has 1 aliphatic heterocycles. The monoisotopic (exact) mass is 370 g/mol. The Morgan fingerprint density at radius 1 is 1.08 bits per heavy atom. The number of halogens is 1. The van der Waals surface area contributed by atoms with Crippen LogP contribution in [0, 0.1) is 23.2 Å². The molecule has 5 saturated carbocycles. The number of likely N-dealkylation sites (tertiary alicyclic amines) is 1. The largest absolute Gasteiger partial charge is 0.480 e. The summed E-state index contributed by atoms with van der Waals surface area (Å²) in [6.45, 7) is 0. The van der Waals surface area contributed by atoms with Crippen molar-refractivity contribution < 1.29 is 19.8 Å². The molecular weight excluding hydrogens is 344 g/mol. The molecule has 25 heavy (non-hydrogen) atoms. The average molecular weight is 371 g/mol. The normalized spacial score (nSPS) is 50.2. The van der Waals surface area contributed by atoms with Gasteiger partial charge in [0.2, 0.25) is 5.91 Å². The maximum absolute atomic E-state index is 13.2. The van der Waals surface area contributed by atoms with E-state index < -0.39 is 23.7 Å². The number of aliphatic carboxylic acids is 1. The van der Waals surface area contributed by atoms with Crippen molar-refractivity contribution in [2.24, 2.45) is 28.9 Å². The van der Waals surface area contributed by atoms with Crippen LogP contribution >= 0.6 is 12.4 Å². The van der Waals surface area contributed by atoms with Gasteiger partial charge >= 0.3 is 5.97 Å². The molecule has 0 aromatic heterocycles. The van der Waals surface area contributed by atoms with E-state index in [1.54, 1.807) is 4.90 Å². The lowest BCUT2D eigenvalue weighted by Gasteiger charge is -2.61. The molecule has 5 aliphatic carbocycles. The van der Waals surface area contributed by atoms with Crippen LogP contribution in [0.3, 0.4) is 0 Å². The zero-order valence-electron chi connectivity index (χ0n) is 14.3. The van der Waals surface area contributed by atoms with Gasteiger partial charge in [-0.2, -0.15) is 0 Å². The van der Waals surface area contributed by atoms with Gasteiger partial charge in [-0.1, -0.05) is 0 Å². The minimum absolute atomic E-state index is 0.